The Kier molecular flexibility index (Phi) is 9.35. The molecular weight excluding hydrogens is 569 g/mol. The Morgan fingerprint density at radius 3 is 2.62 bits per heavy atom. The first-order chi connectivity index (χ1) is 21.8. The Labute approximate surface area is 265 Å². The summed E-state index contributed by atoms with van der Waals surface area (Å²) in [6.07, 6.45) is 7.59. The van der Waals surface area contributed by atoms with Crippen LogP contribution in [0, 0.1) is 18.7 Å². The van der Waals surface area contributed by atoms with E-state index in [9.17, 15) is 9.59 Å². The first kappa shape index (κ1) is 31.0. The van der Waals surface area contributed by atoms with Crippen LogP contribution in [0.15, 0.2) is 54.7 Å². The molecule has 3 aliphatic rings. The highest BCUT2D eigenvalue weighted by Crippen LogP contribution is 2.39. The Morgan fingerprint density at radius 1 is 1.07 bits per heavy atom. The fourth-order valence-electron chi connectivity index (χ4n) is 7.58. The minimum atomic E-state index is -0.478. The minimum absolute atomic E-state index is 0.0677. The summed E-state index contributed by atoms with van der Waals surface area (Å²) in [5, 5.41) is 9.57. The van der Waals surface area contributed by atoms with E-state index < -0.39 is 6.04 Å². The van der Waals surface area contributed by atoms with Crippen LogP contribution in [-0.2, 0) is 0 Å². The molecule has 6 rings (SSSR count). The number of rotatable bonds is 8. The number of nitrogens with one attached hydrogen (secondary N) is 3. The molecule has 238 valence electrons. The number of anilines is 1. The van der Waals surface area contributed by atoms with E-state index in [1.165, 1.54) is 0 Å². The Morgan fingerprint density at radius 2 is 1.89 bits per heavy atom. The molecule has 9 heteroatoms. The highest BCUT2D eigenvalue weighted by molar-refractivity contribution is 5.96. The minimum Gasteiger partial charge on any atom is -0.496 e. The van der Waals surface area contributed by atoms with Gasteiger partial charge >= 0.3 is 0 Å². The van der Waals surface area contributed by atoms with Crippen molar-refractivity contribution in [1.29, 1.82) is 0 Å². The molecular formula is C36H44FN5O3. The van der Waals surface area contributed by atoms with Gasteiger partial charge in [0.2, 0.25) is 0 Å². The van der Waals surface area contributed by atoms with Crippen molar-refractivity contribution in [2.24, 2.45) is 5.92 Å². The molecule has 0 bridgehead atoms. The molecule has 4 atom stereocenters. The second-order valence-electron chi connectivity index (χ2n) is 12.8. The number of hydrogen-bond donors (Lipinski definition) is 3. The number of piperidine rings is 2. The SMILES string of the molecule is COc1cccc(C(=O)NC2CC3CCCN(c4ccc(C(=O)NC(C)c5ccc(C6CCNCC6)cc5F)cn4)C3C2)c1C. The molecule has 2 aromatic carbocycles. The van der Waals surface area contributed by atoms with Crippen molar-refractivity contribution in [3.8, 4) is 5.75 Å². The van der Waals surface area contributed by atoms with Crippen molar-refractivity contribution in [3.05, 3.63) is 88.4 Å². The second-order valence-corrected chi connectivity index (χ2v) is 12.8. The summed E-state index contributed by atoms with van der Waals surface area (Å²) in [5.74, 6) is 1.76. The van der Waals surface area contributed by atoms with Gasteiger partial charge in [-0.05, 0) is 113 Å². The molecule has 1 aliphatic carbocycles. The number of amides is 2. The van der Waals surface area contributed by atoms with Gasteiger partial charge in [-0.1, -0.05) is 18.2 Å². The van der Waals surface area contributed by atoms with Crippen molar-refractivity contribution in [1.82, 2.24) is 20.9 Å². The number of pyridine rings is 1. The van der Waals surface area contributed by atoms with Crippen LogP contribution in [0.2, 0.25) is 0 Å². The summed E-state index contributed by atoms with van der Waals surface area (Å²) in [7, 11) is 1.62. The predicted octanol–water partition coefficient (Wildman–Crippen LogP) is 5.67. The zero-order valence-corrected chi connectivity index (χ0v) is 26.4. The van der Waals surface area contributed by atoms with E-state index in [-0.39, 0.29) is 29.7 Å². The molecule has 45 heavy (non-hydrogen) atoms. The number of benzene rings is 2. The predicted molar refractivity (Wildman–Crippen MR) is 173 cm³/mol. The number of halogens is 1. The maximum atomic E-state index is 15.1. The molecule has 3 fully saturated rings. The number of fused-ring (bicyclic) bond motifs is 1. The third kappa shape index (κ3) is 6.69. The van der Waals surface area contributed by atoms with Crippen LogP contribution in [0.1, 0.15) is 94.8 Å². The first-order valence-electron chi connectivity index (χ1n) is 16.3. The molecule has 3 N–H and O–H groups in total. The van der Waals surface area contributed by atoms with Crippen molar-refractivity contribution >= 4 is 17.6 Å². The summed E-state index contributed by atoms with van der Waals surface area (Å²) >= 11 is 0. The van der Waals surface area contributed by atoms with Gasteiger partial charge < -0.3 is 25.6 Å². The number of ether oxygens (including phenoxy) is 1. The van der Waals surface area contributed by atoms with Crippen LogP contribution in [0.25, 0.3) is 0 Å². The third-order valence-corrected chi connectivity index (χ3v) is 10.1. The lowest BCUT2D eigenvalue weighted by molar-refractivity contribution is 0.0929. The normalized spacial score (nSPS) is 22.4. The molecule has 0 radical (unpaired) electrons. The quantitative estimate of drug-likeness (QED) is 0.303. The van der Waals surface area contributed by atoms with Gasteiger partial charge in [0.25, 0.3) is 11.8 Å². The smallest absolute Gasteiger partial charge is 0.253 e. The fraction of sp³-hybridized carbons (Fsp3) is 0.472. The Hall–Kier alpha value is -3.98. The lowest BCUT2D eigenvalue weighted by Crippen LogP contribution is -2.43. The van der Waals surface area contributed by atoms with Crippen LogP contribution in [0.4, 0.5) is 10.2 Å². The number of hydrogen-bond acceptors (Lipinski definition) is 6. The largest absolute Gasteiger partial charge is 0.496 e. The van der Waals surface area contributed by atoms with Gasteiger partial charge in [0, 0.05) is 41.5 Å². The van der Waals surface area contributed by atoms with Gasteiger partial charge in [0.05, 0.1) is 18.7 Å². The molecule has 1 saturated carbocycles. The van der Waals surface area contributed by atoms with E-state index in [0.717, 1.165) is 75.1 Å². The number of nitrogens with zero attached hydrogens (tertiary/aromatic N) is 2. The molecule has 2 aliphatic heterocycles. The Balaban J connectivity index is 1.07. The van der Waals surface area contributed by atoms with Crippen LogP contribution in [-0.4, -0.2) is 55.6 Å². The third-order valence-electron chi connectivity index (χ3n) is 10.1. The summed E-state index contributed by atoms with van der Waals surface area (Å²) in [5.41, 5.74) is 3.43. The Bertz CT molecular complexity index is 1520. The number of aromatic nitrogens is 1. The van der Waals surface area contributed by atoms with Gasteiger partial charge in [-0.25, -0.2) is 9.37 Å². The van der Waals surface area contributed by atoms with Crippen molar-refractivity contribution in [2.45, 2.75) is 76.4 Å². The van der Waals surface area contributed by atoms with E-state index in [0.29, 0.717) is 34.3 Å². The van der Waals surface area contributed by atoms with E-state index in [4.69, 9.17) is 9.72 Å². The molecule has 3 aromatic rings. The lowest BCUT2D eigenvalue weighted by atomic mass is 9.89. The number of carbonyl (C=O) groups is 2. The molecule has 0 spiro atoms. The molecule has 4 unspecified atom stereocenters. The average Bonchev–Trinajstić information content (AvgIpc) is 3.47. The summed E-state index contributed by atoms with van der Waals surface area (Å²) in [6.45, 7) is 6.51. The van der Waals surface area contributed by atoms with Gasteiger partial charge in [0.15, 0.2) is 0 Å². The molecule has 8 nitrogen and oxygen atoms in total. The summed E-state index contributed by atoms with van der Waals surface area (Å²) < 4.78 is 20.5. The molecule has 2 amide bonds. The zero-order valence-electron chi connectivity index (χ0n) is 26.4. The van der Waals surface area contributed by atoms with E-state index in [1.807, 2.05) is 37.3 Å². The van der Waals surface area contributed by atoms with Crippen LogP contribution < -0.4 is 25.6 Å². The molecule has 2 saturated heterocycles. The number of methoxy groups -OCH3 is 1. The standard InChI is InChI=1S/C36H44FN5O3/c1-22-29(7-4-8-33(22)45-3)36(44)41-28-18-26-6-5-17-42(32(26)20-28)34-12-10-27(21-39-34)35(43)40-23(2)30-11-9-25(19-31(30)37)24-13-15-38-16-14-24/h4,7-12,19,21,23-24,26,28,32,38H,5-6,13-18,20H2,1-3H3,(H,40,43)(H,41,44). The molecule has 1 aromatic heterocycles. The van der Waals surface area contributed by atoms with Crippen LogP contribution >= 0.6 is 0 Å². The lowest BCUT2D eigenvalue weighted by Gasteiger charge is -2.38. The van der Waals surface area contributed by atoms with E-state index >= 15 is 4.39 Å². The molecule has 3 heterocycles. The van der Waals surface area contributed by atoms with Gasteiger partial charge in [-0.15, -0.1) is 0 Å². The van der Waals surface area contributed by atoms with Gasteiger partial charge in [-0.2, -0.15) is 0 Å². The highest BCUT2D eigenvalue weighted by atomic mass is 19.1. The summed E-state index contributed by atoms with van der Waals surface area (Å²) in [6, 6.07) is 14.6. The van der Waals surface area contributed by atoms with Crippen molar-refractivity contribution in [2.75, 3.05) is 31.6 Å². The summed E-state index contributed by atoms with van der Waals surface area (Å²) in [4.78, 5) is 33.3. The monoisotopic (exact) mass is 613 g/mol. The van der Waals surface area contributed by atoms with Gasteiger partial charge in [0.1, 0.15) is 17.4 Å². The maximum Gasteiger partial charge on any atom is 0.253 e. The first-order valence-corrected chi connectivity index (χ1v) is 16.3. The maximum absolute atomic E-state index is 15.1. The number of carbonyl (C=O) groups excluding carboxylic acids is 2. The zero-order chi connectivity index (χ0) is 31.5. The topological polar surface area (TPSA) is 95.6 Å². The van der Waals surface area contributed by atoms with E-state index in [1.54, 1.807) is 38.4 Å². The van der Waals surface area contributed by atoms with Crippen molar-refractivity contribution in [3.63, 3.8) is 0 Å². The van der Waals surface area contributed by atoms with Crippen LogP contribution in [0.3, 0.4) is 0 Å². The fourth-order valence-corrected chi connectivity index (χ4v) is 7.58. The van der Waals surface area contributed by atoms with Gasteiger partial charge in [-0.3, -0.25) is 9.59 Å². The highest BCUT2D eigenvalue weighted by Gasteiger charge is 2.41. The second kappa shape index (κ2) is 13.6. The van der Waals surface area contributed by atoms with Crippen LogP contribution in [0.5, 0.6) is 5.75 Å². The average molecular weight is 614 g/mol. The van der Waals surface area contributed by atoms with Crippen molar-refractivity contribution < 1.29 is 18.7 Å². The van der Waals surface area contributed by atoms with E-state index in [2.05, 4.69) is 20.9 Å².